The normalized spacial score (nSPS) is 11.2. The van der Waals surface area contributed by atoms with Crippen molar-refractivity contribution < 1.29 is 0 Å². The van der Waals surface area contributed by atoms with Crippen molar-refractivity contribution in [1.29, 1.82) is 0 Å². The third-order valence-electron chi connectivity index (χ3n) is 4.44. The molecule has 2 aromatic heterocycles. The maximum atomic E-state index is 13.0. The van der Waals surface area contributed by atoms with E-state index in [9.17, 15) is 4.79 Å². The fourth-order valence-corrected chi connectivity index (χ4v) is 3.36. The number of hydrogen-bond acceptors (Lipinski definition) is 4. The minimum Gasteiger partial charge on any atom is -0.324 e. The first-order chi connectivity index (χ1) is 13.7. The number of rotatable bonds is 3. The lowest BCUT2D eigenvalue weighted by Crippen LogP contribution is -2.16. The van der Waals surface area contributed by atoms with Crippen LogP contribution in [0.1, 0.15) is 0 Å². The fraction of sp³-hybridized carbons (Fsp3) is 0. The lowest BCUT2D eigenvalue weighted by atomic mass is 10.2. The van der Waals surface area contributed by atoms with Gasteiger partial charge in [-0.15, -0.1) is 5.10 Å². The first-order valence-electron chi connectivity index (χ1n) is 8.69. The van der Waals surface area contributed by atoms with E-state index in [1.54, 1.807) is 18.2 Å². The van der Waals surface area contributed by atoms with Gasteiger partial charge in [-0.2, -0.15) is 4.52 Å². The molecule has 0 fully saturated rings. The Hall–Kier alpha value is -3.64. The zero-order valence-electron chi connectivity index (χ0n) is 14.6. The van der Waals surface area contributed by atoms with Crippen molar-refractivity contribution >= 4 is 39.9 Å². The van der Waals surface area contributed by atoms with Crippen LogP contribution in [0.25, 0.3) is 22.4 Å². The van der Waals surface area contributed by atoms with E-state index >= 15 is 0 Å². The van der Waals surface area contributed by atoms with Crippen LogP contribution in [0.4, 0.5) is 11.6 Å². The molecule has 0 atom stereocenters. The molecule has 7 heteroatoms. The molecule has 0 bridgehead atoms. The van der Waals surface area contributed by atoms with Gasteiger partial charge in [-0.3, -0.25) is 4.79 Å². The van der Waals surface area contributed by atoms with E-state index in [2.05, 4.69) is 10.4 Å². The van der Waals surface area contributed by atoms with E-state index in [-0.39, 0.29) is 5.56 Å². The zero-order chi connectivity index (χ0) is 19.1. The molecular formula is C21H14ClN5O. The number of benzene rings is 3. The summed E-state index contributed by atoms with van der Waals surface area (Å²) in [6.45, 7) is 0. The van der Waals surface area contributed by atoms with E-state index < -0.39 is 0 Å². The molecule has 0 radical (unpaired) electrons. The van der Waals surface area contributed by atoms with E-state index in [0.29, 0.717) is 27.7 Å². The number of fused-ring (bicyclic) bond motifs is 2. The lowest BCUT2D eigenvalue weighted by Gasteiger charge is -2.09. The second kappa shape index (κ2) is 6.51. The molecule has 0 aliphatic rings. The second-order valence-electron chi connectivity index (χ2n) is 6.28. The smallest absolute Gasteiger partial charge is 0.283 e. The largest absolute Gasteiger partial charge is 0.324 e. The SMILES string of the molecule is O=c1c2ccccc2nc2n(-c3ccccc3)c(Nc3cccc(Cl)c3)nn12. The number of halogens is 1. The summed E-state index contributed by atoms with van der Waals surface area (Å²) in [6, 6.07) is 24.2. The molecule has 0 aliphatic carbocycles. The predicted molar refractivity (Wildman–Crippen MR) is 111 cm³/mol. The van der Waals surface area contributed by atoms with Crippen molar-refractivity contribution in [2.75, 3.05) is 5.32 Å². The first-order valence-corrected chi connectivity index (χ1v) is 9.07. The highest BCUT2D eigenvalue weighted by atomic mass is 35.5. The number of nitrogens with one attached hydrogen (secondary N) is 1. The Kier molecular flexibility index (Phi) is 3.84. The summed E-state index contributed by atoms with van der Waals surface area (Å²) in [5.41, 5.74) is 2.00. The van der Waals surface area contributed by atoms with Crippen molar-refractivity contribution in [3.05, 3.63) is 94.2 Å². The highest BCUT2D eigenvalue weighted by Crippen LogP contribution is 2.24. The topological polar surface area (TPSA) is 64.2 Å². The standard InChI is InChI=1S/C21H14ClN5O/c22-14-7-6-8-15(13-14)23-20-25-27-19(28)17-11-4-5-12-18(17)24-21(27)26(20)16-9-2-1-3-10-16/h1-13H,(H,23,25). The van der Waals surface area contributed by atoms with Crippen LogP contribution in [0.15, 0.2) is 83.7 Å². The van der Waals surface area contributed by atoms with Gasteiger partial charge in [-0.1, -0.05) is 48.0 Å². The van der Waals surface area contributed by atoms with Crippen LogP contribution in [0.2, 0.25) is 5.02 Å². The van der Waals surface area contributed by atoms with Crippen molar-refractivity contribution in [1.82, 2.24) is 19.2 Å². The summed E-state index contributed by atoms with van der Waals surface area (Å²) in [5.74, 6) is 0.896. The molecule has 0 amide bonds. The number of nitrogens with zero attached hydrogens (tertiary/aromatic N) is 4. The van der Waals surface area contributed by atoms with Gasteiger partial charge in [-0.05, 0) is 42.5 Å². The molecule has 0 saturated heterocycles. The van der Waals surface area contributed by atoms with Crippen molar-refractivity contribution in [2.45, 2.75) is 0 Å². The molecule has 0 unspecified atom stereocenters. The van der Waals surface area contributed by atoms with Crippen LogP contribution in [0.5, 0.6) is 0 Å². The number of hydrogen-bond donors (Lipinski definition) is 1. The molecule has 6 nitrogen and oxygen atoms in total. The van der Waals surface area contributed by atoms with Gasteiger partial charge in [0.1, 0.15) is 0 Å². The third kappa shape index (κ3) is 2.71. The van der Waals surface area contributed by atoms with Crippen LogP contribution in [-0.2, 0) is 0 Å². The van der Waals surface area contributed by atoms with Crippen LogP contribution < -0.4 is 10.9 Å². The molecule has 28 heavy (non-hydrogen) atoms. The zero-order valence-corrected chi connectivity index (χ0v) is 15.3. The summed E-state index contributed by atoms with van der Waals surface area (Å²) in [5, 5.41) is 8.89. The van der Waals surface area contributed by atoms with Gasteiger partial charge in [0.05, 0.1) is 16.6 Å². The monoisotopic (exact) mass is 387 g/mol. The van der Waals surface area contributed by atoms with Gasteiger partial charge in [0.15, 0.2) is 0 Å². The van der Waals surface area contributed by atoms with Gasteiger partial charge in [-0.25, -0.2) is 9.55 Å². The van der Waals surface area contributed by atoms with Gasteiger partial charge in [0.2, 0.25) is 11.7 Å². The molecule has 136 valence electrons. The Morgan fingerprint density at radius 3 is 2.50 bits per heavy atom. The number of anilines is 2. The second-order valence-corrected chi connectivity index (χ2v) is 6.71. The molecule has 3 aromatic carbocycles. The lowest BCUT2D eigenvalue weighted by molar-refractivity contribution is 0.917. The molecule has 0 saturated carbocycles. The maximum absolute atomic E-state index is 13.0. The molecule has 0 aliphatic heterocycles. The Balaban J connectivity index is 1.82. The summed E-state index contributed by atoms with van der Waals surface area (Å²) in [4.78, 5) is 17.7. The number of para-hydroxylation sites is 2. The van der Waals surface area contributed by atoms with Crippen LogP contribution >= 0.6 is 11.6 Å². The minimum absolute atomic E-state index is 0.218. The molecule has 5 aromatic rings. The summed E-state index contributed by atoms with van der Waals surface area (Å²) >= 11 is 6.11. The van der Waals surface area contributed by atoms with Crippen LogP contribution in [0.3, 0.4) is 0 Å². The van der Waals surface area contributed by atoms with Gasteiger partial charge in [0.25, 0.3) is 5.56 Å². The Morgan fingerprint density at radius 1 is 0.893 bits per heavy atom. The van der Waals surface area contributed by atoms with Crippen LogP contribution in [0, 0.1) is 0 Å². The van der Waals surface area contributed by atoms with Gasteiger partial charge >= 0.3 is 0 Å². The molecule has 0 spiro atoms. The maximum Gasteiger partial charge on any atom is 0.283 e. The van der Waals surface area contributed by atoms with Crippen LogP contribution in [-0.4, -0.2) is 19.2 Å². The van der Waals surface area contributed by atoms with E-state index in [0.717, 1.165) is 11.4 Å². The molecule has 2 heterocycles. The molecule has 5 rings (SSSR count). The average molecular weight is 388 g/mol. The van der Waals surface area contributed by atoms with Crippen molar-refractivity contribution in [3.8, 4) is 5.69 Å². The quantitative estimate of drug-likeness (QED) is 0.497. The molecule has 1 N–H and O–H groups in total. The molecular weight excluding hydrogens is 374 g/mol. The first kappa shape index (κ1) is 16.5. The average Bonchev–Trinajstić information content (AvgIpc) is 3.07. The minimum atomic E-state index is -0.218. The predicted octanol–water partition coefficient (Wildman–Crippen LogP) is 4.43. The summed E-state index contributed by atoms with van der Waals surface area (Å²) < 4.78 is 3.14. The number of aromatic nitrogens is 4. The van der Waals surface area contributed by atoms with E-state index in [4.69, 9.17) is 16.6 Å². The Labute approximate surface area is 164 Å². The fourth-order valence-electron chi connectivity index (χ4n) is 3.17. The van der Waals surface area contributed by atoms with Crippen molar-refractivity contribution in [2.24, 2.45) is 0 Å². The third-order valence-corrected chi connectivity index (χ3v) is 4.67. The summed E-state index contributed by atoms with van der Waals surface area (Å²) in [6.07, 6.45) is 0. The Morgan fingerprint density at radius 2 is 1.68 bits per heavy atom. The van der Waals surface area contributed by atoms with Gasteiger partial charge in [0, 0.05) is 10.7 Å². The Bertz CT molecular complexity index is 1370. The van der Waals surface area contributed by atoms with E-state index in [1.807, 2.05) is 65.2 Å². The highest BCUT2D eigenvalue weighted by Gasteiger charge is 2.17. The van der Waals surface area contributed by atoms with E-state index in [1.165, 1.54) is 4.52 Å². The summed E-state index contributed by atoms with van der Waals surface area (Å²) in [7, 11) is 0. The van der Waals surface area contributed by atoms with Gasteiger partial charge < -0.3 is 5.32 Å². The van der Waals surface area contributed by atoms with Crippen molar-refractivity contribution in [3.63, 3.8) is 0 Å². The highest BCUT2D eigenvalue weighted by molar-refractivity contribution is 6.30.